The first-order valence-electron chi connectivity index (χ1n) is 10.1. The number of ether oxygens (including phenoxy) is 1. The first-order valence-corrected chi connectivity index (χ1v) is 10.1. The molecule has 3 N–H and O–H groups in total. The largest absolute Gasteiger partial charge is 0.497 e. The molecule has 0 atom stereocenters. The van der Waals surface area contributed by atoms with Gasteiger partial charge in [-0.1, -0.05) is 30.3 Å². The van der Waals surface area contributed by atoms with Crippen LogP contribution in [0.5, 0.6) is 5.75 Å². The summed E-state index contributed by atoms with van der Waals surface area (Å²) in [6.07, 6.45) is 4.92. The molecule has 1 aliphatic heterocycles. The molecule has 0 bridgehead atoms. The fraction of sp³-hybridized carbons (Fsp3) is 0.250. The average Bonchev–Trinajstić information content (AvgIpc) is 3.30. The Morgan fingerprint density at radius 2 is 1.90 bits per heavy atom. The van der Waals surface area contributed by atoms with Gasteiger partial charge in [-0.2, -0.15) is 5.10 Å². The van der Waals surface area contributed by atoms with Gasteiger partial charge < -0.3 is 14.8 Å². The highest BCUT2D eigenvalue weighted by Gasteiger charge is 2.24. The Morgan fingerprint density at radius 3 is 2.67 bits per heavy atom. The maximum Gasteiger partial charge on any atom is 0.273 e. The zero-order valence-corrected chi connectivity index (χ0v) is 16.9. The standard InChI is InChI=1S/C24H25N3O3/c1-30-17-11-9-16(10-12-17)14-23-20(24(29)27-26-23)15-19-18-6-2-3-7-21(18)25-22(19)8-4-5-13-28/h2-3,6-7,9-12,15,25,28H,4-5,8,13-14H2,1H3,(H,27,29). The molecular weight excluding hydrogens is 378 g/mol. The van der Waals surface area contributed by atoms with Crippen LogP contribution in [0.4, 0.5) is 0 Å². The van der Waals surface area contributed by atoms with Crippen molar-refractivity contribution in [1.29, 1.82) is 0 Å². The summed E-state index contributed by atoms with van der Waals surface area (Å²) in [6.45, 7) is 0.178. The minimum atomic E-state index is -0.190. The van der Waals surface area contributed by atoms with Gasteiger partial charge in [-0.3, -0.25) is 4.79 Å². The van der Waals surface area contributed by atoms with Crippen molar-refractivity contribution in [3.8, 4) is 5.75 Å². The number of aliphatic hydroxyl groups is 1. The van der Waals surface area contributed by atoms with Crippen molar-refractivity contribution in [2.75, 3.05) is 13.7 Å². The van der Waals surface area contributed by atoms with Crippen molar-refractivity contribution in [3.63, 3.8) is 0 Å². The number of carbonyl (C=O) groups is 1. The summed E-state index contributed by atoms with van der Waals surface area (Å²) in [6, 6.07) is 15.9. The molecule has 154 valence electrons. The number of aryl methyl sites for hydroxylation is 1. The molecule has 6 nitrogen and oxygen atoms in total. The molecule has 4 rings (SSSR count). The molecule has 2 aromatic carbocycles. The Bertz CT molecular complexity index is 1110. The Hall–Kier alpha value is -3.38. The van der Waals surface area contributed by atoms with Crippen molar-refractivity contribution >= 4 is 28.6 Å². The Balaban J connectivity index is 1.67. The second kappa shape index (κ2) is 8.97. The predicted octanol–water partition coefficient (Wildman–Crippen LogP) is 3.60. The summed E-state index contributed by atoms with van der Waals surface area (Å²) in [5, 5.41) is 14.5. The second-order valence-electron chi connectivity index (χ2n) is 7.33. The summed E-state index contributed by atoms with van der Waals surface area (Å²) in [5.74, 6) is 0.605. The number of fused-ring (bicyclic) bond motifs is 1. The third kappa shape index (κ3) is 4.14. The number of hydrazone groups is 1. The van der Waals surface area contributed by atoms with E-state index in [2.05, 4.69) is 21.6 Å². The molecule has 0 saturated carbocycles. The van der Waals surface area contributed by atoms with E-state index in [0.29, 0.717) is 12.0 Å². The number of hydrogen-bond acceptors (Lipinski definition) is 4. The molecule has 0 fully saturated rings. The molecule has 2 heterocycles. The van der Waals surface area contributed by atoms with Crippen LogP contribution in [0.25, 0.3) is 17.0 Å². The number of benzene rings is 2. The highest BCUT2D eigenvalue weighted by molar-refractivity contribution is 6.28. The van der Waals surface area contributed by atoms with Gasteiger partial charge in [0.15, 0.2) is 0 Å². The highest BCUT2D eigenvalue weighted by Crippen LogP contribution is 2.27. The lowest BCUT2D eigenvalue weighted by Gasteiger charge is -2.05. The first-order chi connectivity index (χ1) is 14.7. The lowest BCUT2D eigenvalue weighted by atomic mass is 9.98. The highest BCUT2D eigenvalue weighted by atomic mass is 16.5. The minimum Gasteiger partial charge on any atom is -0.497 e. The van der Waals surface area contributed by atoms with Crippen molar-refractivity contribution in [3.05, 3.63) is 70.9 Å². The molecule has 0 unspecified atom stereocenters. The van der Waals surface area contributed by atoms with Gasteiger partial charge in [0.05, 0.1) is 18.4 Å². The Kier molecular flexibility index (Phi) is 5.95. The normalized spacial score (nSPS) is 14.9. The molecule has 0 aliphatic carbocycles. The Labute approximate surface area is 175 Å². The molecule has 0 spiro atoms. The van der Waals surface area contributed by atoms with E-state index in [9.17, 15) is 4.79 Å². The van der Waals surface area contributed by atoms with Crippen molar-refractivity contribution < 1.29 is 14.6 Å². The zero-order chi connectivity index (χ0) is 20.9. The van der Waals surface area contributed by atoms with Gasteiger partial charge in [0, 0.05) is 35.2 Å². The number of unbranched alkanes of at least 4 members (excludes halogenated alkanes) is 1. The van der Waals surface area contributed by atoms with Crippen LogP contribution < -0.4 is 10.2 Å². The fourth-order valence-electron chi connectivity index (χ4n) is 3.73. The van der Waals surface area contributed by atoms with Crippen LogP contribution in [-0.2, 0) is 17.6 Å². The molecule has 0 radical (unpaired) electrons. The van der Waals surface area contributed by atoms with Gasteiger partial charge in [0.1, 0.15) is 5.75 Å². The van der Waals surface area contributed by atoms with Crippen LogP contribution in [0.3, 0.4) is 0 Å². The van der Waals surface area contributed by atoms with Gasteiger partial charge in [0.2, 0.25) is 0 Å². The average molecular weight is 403 g/mol. The summed E-state index contributed by atoms with van der Waals surface area (Å²) in [7, 11) is 1.64. The van der Waals surface area contributed by atoms with E-state index in [1.807, 2.05) is 48.5 Å². The van der Waals surface area contributed by atoms with E-state index in [-0.39, 0.29) is 12.5 Å². The third-order valence-electron chi connectivity index (χ3n) is 5.33. The number of aromatic amines is 1. The van der Waals surface area contributed by atoms with E-state index >= 15 is 0 Å². The van der Waals surface area contributed by atoms with Crippen molar-refractivity contribution in [1.82, 2.24) is 10.4 Å². The molecule has 30 heavy (non-hydrogen) atoms. The summed E-state index contributed by atoms with van der Waals surface area (Å²) in [5.41, 5.74) is 8.08. The van der Waals surface area contributed by atoms with E-state index < -0.39 is 0 Å². The third-order valence-corrected chi connectivity index (χ3v) is 5.33. The van der Waals surface area contributed by atoms with Crippen LogP contribution >= 0.6 is 0 Å². The van der Waals surface area contributed by atoms with E-state index in [0.717, 1.165) is 58.4 Å². The van der Waals surface area contributed by atoms with E-state index in [4.69, 9.17) is 9.84 Å². The number of amides is 1. The number of nitrogens with one attached hydrogen (secondary N) is 2. The molecule has 1 aromatic heterocycles. The SMILES string of the molecule is COc1ccc(CC2=NNC(=O)C2=Cc2c(CCCCO)[nH]c3ccccc23)cc1. The quantitative estimate of drug-likeness (QED) is 0.397. The topological polar surface area (TPSA) is 86.7 Å². The van der Waals surface area contributed by atoms with Crippen molar-refractivity contribution in [2.24, 2.45) is 5.10 Å². The number of H-pyrrole nitrogens is 1. The molecule has 1 amide bonds. The van der Waals surface area contributed by atoms with Gasteiger partial charge in [0.25, 0.3) is 5.91 Å². The predicted molar refractivity (Wildman–Crippen MR) is 119 cm³/mol. The fourth-order valence-corrected chi connectivity index (χ4v) is 3.73. The zero-order valence-electron chi connectivity index (χ0n) is 16.9. The lowest BCUT2D eigenvalue weighted by Crippen LogP contribution is -2.14. The van der Waals surface area contributed by atoms with Crippen LogP contribution in [-0.4, -0.2) is 35.4 Å². The smallest absolute Gasteiger partial charge is 0.273 e. The summed E-state index contributed by atoms with van der Waals surface area (Å²) >= 11 is 0. The lowest BCUT2D eigenvalue weighted by molar-refractivity contribution is -0.116. The summed E-state index contributed by atoms with van der Waals surface area (Å²) in [4.78, 5) is 16.0. The molecule has 1 aliphatic rings. The molecule has 3 aromatic rings. The van der Waals surface area contributed by atoms with Gasteiger partial charge in [-0.05, 0) is 49.1 Å². The van der Waals surface area contributed by atoms with Crippen LogP contribution in [0, 0.1) is 0 Å². The van der Waals surface area contributed by atoms with E-state index in [1.165, 1.54) is 0 Å². The first kappa shape index (κ1) is 19.9. The number of nitrogens with zero attached hydrogens (tertiary/aromatic N) is 1. The maximum absolute atomic E-state index is 12.6. The summed E-state index contributed by atoms with van der Waals surface area (Å²) < 4.78 is 5.21. The van der Waals surface area contributed by atoms with Gasteiger partial charge >= 0.3 is 0 Å². The number of rotatable bonds is 8. The van der Waals surface area contributed by atoms with Crippen molar-refractivity contribution in [2.45, 2.75) is 25.7 Å². The number of carbonyl (C=O) groups excluding carboxylic acids is 1. The number of methoxy groups -OCH3 is 1. The maximum atomic E-state index is 12.6. The second-order valence-corrected chi connectivity index (χ2v) is 7.33. The molecular formula is C24H25N3O3. The molecule has 6 heteroatoms. The number of hydrogen-bond donors (Lipinski definition) is 3. The van der Waals surface area contributed by atoms with Crippen LogP contribution in [0.2, 0.25) is 0 Å². The van der Waals surface area contributed by atoms with E-state index in [1.54, 1.807) is 7.11 Å². The number of aromatic nitrogens is 1. The monoisotopic (exact) mass is 403 g/mol. The van der Waals surface area contributed by atoms with Gasteiger partial charge in [-0.25, -0.2) is 5.43 Å². The number of para-hydroxylation sites is 1. The van der Waals surface area contributed by atoms with Gasteiger partial charge in [-0.15, -0.1) is 0 Å². The van der Waals surface area contributed by atoms with Crippen LogP contribution in [0.15, 0.2) is 59.2 Å². The Morgan fingerprint density at radius 1 is 1.10 bits per heavy atom. The van der Waals surface area contributed by atoms with Crippen LogP contribution in [0.1, 0.15) is 29.7 Å². The molecule has 0 saturated heterocycles. The number of aliphatic hydroxyl groups excluding tert-OH is 1. The minimum absolute atomic E-state index is 0.178.